The highest BCUT2D eigenvalue weighted by atomic mass is 35.5. The summed E-state index contributed by atoms with van der Waals surface area (Å²) in [7, 11) is 1.54. The van der Waals surface area contributed by atoms with Gasteiger partial charge in [0.25, 0.3) is 5.91 Å². The molecule has 0 aliphatic carbocycles. The second-order valence-electron chi connectivity index (χ2n) is 5.54. The number of anilines is 1. The van der Waals surface area contributed by atoms with Crippen LogP contribution in [0.2, 0.25) is 5.15 Å². The number of ether oxygens (including phenoxy) is 3. The standard InChI is InChI=1S/C19H21ClN2O5/c1-4-26-11-14-10-13(7-8-16(14)25-3)19(24)27-12(2)18(23)22-15-6-5-9-21-17(15)20/h5-10,12H,4,11H2,1-3H3,(H,22,23)/t12-/m0/s1. The lowest BCUT2D eigenvalue weighted by Gasteiger charge is -2.15. The zero-order valence-electron chi connectivity index (χ0n) is 15.3. The Labute approximate surface area is 162 Å². The molecular formula is C19H21ClN2O5. The number of carbonyl (C=O) groups is 2. The van der Waals surface area contributed by atoms with E-state index in [2.05, 4.69) is 10.3 Å². The van der Waals surface area contributed by atoms with Gasteiger partial charge in [0.15, 0.2) is 11.3 Å². The third-order valence-electron chi connectivity index (χ3n) is 3.65. The zero-order chi connectivity index (χ0) is 19.8. The summed E-state index contributed by atoms with van der Waals surface area (Å²) < 4.78 is 15.9. The molecule has 0 aliphatic heterocycles. The van der Waals surface area contributed by atoms with E-state index in [0.717, 1.165) is 0 Å². The van der Waals surface area contributed by atoms with Gasteiger partial charge < -0.3 is 19.5 Å². The Morgan fingerprint density at radius 2 is 2.07 bits per heavy atom. The number of amides is 1. The number of benzene rings is 1. The zero-order valence-corrected chi connectivity index (χ0v) is 16.1. The maximum atomic E-state index is 12.4. The fourth-order valence-electron chi connectivity index (χ4n) is 2.23. The van der Waals surface area contributed by atoms with Crippen LogP contribution in [0, 0.1) is 0 Å². The predicted molar refractivity (Wildman–Crippen MR) is 101 cm³/mol. The molecule has 0 spiro atoms. The third kappa shape index (κ3) is 5.67. The number of hydrogen-bond acceptors (Lipinski definition) is 6. The van der Waals surface area contributed by atoms with Gasteiger partial charge in [-0.3, -0.25) is 4.79 Å². The predicted octanol–water partition coefficient (Wildman–Crippen LogP) is 3.46. The number of aromatic nitrogens is 1. The van der Waals surface area contributed by atoms with Crippen LogP contribution in [0.4, 0.5) is 5.69 Å². The van der Waals surface area contributed by atoms with Crippen molar-refractivity contribution < 1.29 is 23.8 Å². The Morgan fingerprint density at radius 1 is 1.30 bits per heavy atom. The second-order valence-corrected chi connectivity index (χ2v) is 5.90. The van der Waals surface area contributed by atoms with Crippen molar-refractivity contribution >= 4 is 29.2 Å². The van der Waals surface area contributed by atoms with Crippen LogP contribution in [0.1, 0.15) is 29.8 Å². The molecule has 1 aromatic carbocycles. The smallest absolute Gasteiger partial charge is 0.338 e. The van der Waals surface area contributed by atoms with Gasteiger partial charge >= 0.3 is 5.97 Å². The molecular weight excluding hydrogens is 372 g/mol. The monoisotopic (exact) mass is 392 g/mol. The minimum Gasteiger partial charge on any atom is -0.496 e. The second kappa shape index (κ2) is 9.89. The quantitative estimate of drug-likeness (QED) is 0.546. The first-order valence-electron chi connectivity index (χ1n) is 8.33. The Kier molecular flexibility index (Phi) is 7.57. The Balaban J connectivity index is 2.05. The fraction of sp³-hybridized carbons (Fsp3) is 0.316. The number of hydrogen-bond donors (Lipinski definition) is 1. The summed E-state index contributed by atoms with van der Waals surface area (Å²) >= 11 is 5.90. The summed E-state index contributed by atoms with van der Waals surface area (Å²) in [5.41, 5.74) is 1.35. The molecule has 1 atom stereocenters. The van der Waals surface area contributed by atoms with Crippen molar-refractivity contribution in [1.29, 1.82) is 0 Å². The molecule has 2 rings (SSSR count). The average Bonchev–Trinajstić information content (AvgIpc) is 2.67. The normalized spacial score (nSPS) is 11.6. The van der Waals surface area contributed by atoms with E-state index >= 15 is 0 Å². The number of pyridine rings is 1. The minimum atomic E-state index is -1.02. The van der Waals surface area contributed by atoms with Gasteiger partial charge in [-0.2, -0.15) is 0 Å². The summed E-state index contributed by atoms with van der Waals surface area (Å²) in [4.78, 5) is 28.5. The number of rotatable bonds is 8. The Morgan fingerprint density at radius 3 is 2.74 bits per heavy atom. The van der Waals surface area contributed by atoms with Gasteiger partial charge in [0.2, 0.25) is 0 Å². The molecule has 0 saturated carbocycles. The van der Waals surface area contributed by atoms with Crippen molar-refractivity contribution in [1.82, 2.24) is 4.98 Å². The average molecular weight is 393 g/mol. The molecule has 7 nitrogen and oxygen atoms in total. The lowest BCUT2D eigenvalue weighted by Crippen LogP contribution is -2.30. The van der Waals surface area contributed by atoms with Crippen LogP contribution in [0.3, 0.4) is 0 Å². The molecule has 1 amide bonds. The number of esters is 1. The number of nitrogens with zero attached hydrogens (tertiary/aromatic N) is 1. The van der Waals surface area contributed by atoms with Crippen LogP contribution < -0.4 is 10.1 Å². The maximum absolute atomic E-state index is 12.4. The molecule has 0 unspecified atom stereocenters. The molecule has 1 N–H and O–H groups in total. The molecule has 0 bridgehead atoms. The van der Waals surface area contributed by atoms with Crippen molar-refractivity contribution in [2.75, 3.05) is 19.0 Å². The van der Waals surface area contributed by atoms with Crippen LogP contribution in [0.25, 0.3) is 0 Å². The molecule has 8 heteroatoms. The van der Waals surface area contributed by atoms with E-state index in [0.29, 0.717) is 35.8 Å². The van der Waals surface area contributed by atoms with Crippen molar-refractivity contribution in [3.05, 3.63) is 52.8 Å². The van der Waals surface area contributed by atoms with E-state index in [1.165, 1.54) is 13.1 Å². The number of carbonyl (C=O) groups excluding carboxylic acids is 2. The summed E-state index contributed by atoms with van der Waals surface area (Å²) in [6, 6.07) is 8.09. The molecule has 0 fully saturated rings. The van der Waals surface area contributed by atoms with E-state index in [4.69, 9.17) is 25.8 Å². The topological polar surface area (TPSA) is 86.8 Å². The molecule has 0 radical (unpaired) electrons. The van der Waals surface area contributed by atoms with Gasteiger partial charge in [-0.25, -0.2) is 9.78 Å². The fourth-order valence-corrected chi connectivity index (χ4v) is 2.39. The third-order valence-corrected chi connectivity index (χ3v) is 3.95. The van der Waals surface area contributed by atoms with Crippen molar-refractivity contribution in [3.8, 4) is 5.75 Å². The summed E-state index contributed by atoms with van der Waals surface area (Å²) in [6.07, 6.45) is 0.483. The van der Waals surface area contributed by atoms with Crippen LogP contribution in [0.15, 0.2) is 36.5 Å². The van der Waals surface area contributed by atoms with E-state index in [-0.39, 0.29) is 5.15 Å². The highest BCUT2D eigenvalue weighted by molar-refractivity contribution is 6.32. The first kappa shape index (κ1) is 20.7. The highest BCUT2D eigenvalue weighted by Crippen LogP contribution is 2.22. The summed E-state index contributed by atoms with van der Waals surface area (Å²) in [5, 5.41) is 2.73. The van der Waals surface area contributed by atoms with Crippen LogP contribution in [0.5, 0.6) is 5.75 Å². The lowest BCUT2D eigenvalue weighted by atomic mass is 10.1. The van der Waals surface area contributed by atoms with E-state index in [9.17, 15) is 9.59 Å². The molecule has 0 aliphatic rings. The molecule has 27 heavy (non-hydrogen) atoms. The van der Waals surface area contributed by atoms with Gasteiger partial charge in [0.1, 0.15) is 5.75 Å². The van der Waals surface area contributed by atoms with Gasteiger partial charge in [-0.05, 0) is 44.2 Å². The number of halogens is 1. The minimum absolute atomic E-state index is 0.153. The highest BCUT2D eigenvalue weighted by Gasteiger charge is 2.21. The number of nitrogens with one attached hydrogen (secondary N) is 1. The largest absolute Gasteiger partial charge is 0.496 e. The van der Waals surface area contributed by atoms with Gasteiger partial charge in [0, 0.05) is 18.4 Å². The first-order valence-corrected chi connectivity index (χ1v) is 8.71. The molecule has 1 aromatic heterocycles. The Hall–Kier alpha value is -2.64. The van der Waals surface area contributed by atoms with Crippen LogP contribution in [-0.2, 0) is 20.9 Å². The van der Waals surface area contributed by atoms with Gasteiger partial charge in [-0.1, -0.05) is 11.6 Å². The Bertz CT molecular complexity index is 812. The SMILES string of the molecule is CCOCc1cc(C(=O)O[C@@H](C)C(=O)Nc2cccnc2Cl)ccc1OC. The lowest BCUT2D eigenvalue weighted by molar-refractivity contribution is -0.123. The van der Waals surface area contributed by atoms with E-state index < -0.39 is 18.0 Å². The van der Waals surface area contributed by atoms with Crippen molar-refractivity contribution in [2.45, 2.75) is 26.6 Å². The molecule has 1 heterocycles. The number of methoxy groups -OCH3 is 1. The van der Waals surface area contributed by atoms with Crippen molar-refractivity contribution in [2.24, 2.45) is 0 Å². The maximum Gasteiger partial charge on any atom is 0.338 e. The van der Waals surface area contributed by atoms with Crippen LogP contribution in [-0.4, -0.2) is 36.7 Å². The van der Waals surface area contributed by atoms with Gasteiger partial charge in [-0.15, -0.1) is 0 Å². The molecule has 0 saturated heterocycles. The summed E-state index contributed by atoms with van der Waals surface area (Å²) in [6.45, 7) is 4.18. The van der Waals surface area contributed by atoms with Crippen molar-refractivity contribution in [3.63, 3.8) is 0 Å². The van der Waals surface area contributed by atoms with E-state index in [1.807, 2.05) is 6.92 Å². The van der Waals surface area contributed by atoms with Crippen LogP contribution >= 0.6 is 11.6 Å². The van der Waals surface area contributed by atoms with Gasteiger partial charge in [0.05, 0.1) is 25.0 Å². The summed E-state index contributed by atoms with van der Waals surface area (Å²) in [5.74, 6) is -0.534. The molecule has 144 valence electrons. The first-order chi connectivity index (χ1) is 13.0. The van der Waals surface area contributed by atoms with E-state index in [1.54, 1.807) is 37.4 Å². The molecule has 2 aromatic rings.